The van der Waals surface area contributed by atoms with Crippen LogP contribution in [0.15, 0.2) is 30.3 Å². The third kappa shape index (κ3) is 8.17. The van der Waals surface area contributed by atoms with Crippen molar-refractivity contribution >= 4 is 17.9 Å². The van der Waals surface area contributed by atoms with E-state index in [1.54, 1.807) is 24.3 Å². The second-order valence-electron chi connectivity index (χ2n) is 9.71. The van der Waals surface area contributed by atoms with Crippen LogP contribution < -0.4 is 0 Å². The Morgan fingerprint density at radius 3 is 1.67 bits per heavy atom. The first-order valence-corrected chi connectivity index (χ1v) is 12.6. The largest absolute Gasteiger partial charge is 0.465 e. The van der Waals surface area contributed by atoms with E-state index in [-0.39, 0.29) is 37.0 Å². The molecule has 0 heterocycles. The van der Waals surface area contributed by atoms with Crippen molar-refractivity contribution in [2.45, 2.75) is 89.6 Å². The van der Waals surface area contributed by atoms with Gasteiger partial charge in [0.05, 0.1) is 30.6 Å². The van der Waals surface area contributed by atoms with Crippen molar-refractivity contribution in [1.82, 2.24) is 0 Å². The summed E-state index contributed by atoms with van der Waals surface area (Å²) in [6, 6.07) is 8.81. The van der Waals surface area contributed by atoms with E-state index < -0.39 is 11.6 Å². The normalized spacial score (nSPS) is 17.8. The molecule has 2 saturated carbocycles. The number of ether oxygens (including phenoxy) is 3. The molecular formula is C27H38O6. The Labute approximate surface area is 197 Å². The van der Waals surface area contributed by atoms with Gasteiger partial charge in [-0.1, -0.05) is 56.7 Å². The lowest BCUT2D eigenvalue weighted by atomic mass is 9.89. The molecule has 2 fully saturated rings. The van der Waals surface area contributed by atoms with Gasteiger partial charge in [0, 0.05) is 12.8 Å². The summed E-state index contributed by atoms with van der Waals surface area (Å²) in [6.07, 6.45) is 10.9. The topological polar surface area (TPSA) is 78.9 Å². The first-order valence-electron chi connectivity index (χ1n) is 12.6. The Morgan fingerprint density at radius 2 is 1.21 bits per heavy atom. The third-order valence-corrected chi connectivity index (χ3v) is 6.98. The van der Waals surface area contributed by atoms with Crippen LogP contribution in [0.4, 0.5) is 0 Å². The van der Waals surface area contributed by atoms with E-state index in [0.717, 1.165) is 51.4 Å². The smallest absolute Gasteiger partial charge is 0.338 e. The summed E-state index contributed by atoms with van der Waals surface area (Å²) in [4.78, 5) is 37.5. The maximum atomic E-state index is 12.7. The van der Waals surface area contributed by atoms with Gasteiger partial charge in [0.2, 0.25) is 0 Å². The number of esters is 3. The molecule has 0 unspecified atom stereocenters. The van der Waals surface area contributed by atoms with Crippen LogP contribution in [0.25, 0.3) is 0 Å². The Morgan fingerprint density at radius 1 is 0.758 bits per heavy atom. The lowest BCUT2D eigenvalue weighted by molar-refractivity contribution is -0.152. The third-order valence-electron chi connectivity index (χ3n) is 6.98. The molecule has 0 aromatic heterocycles. The van der Waals surface area contributed by atoms with Gasteiger partial charge in [-0.3, -0.25) is 9.59 Å². The molecule has 0 saturated heterocycles. The standard InChI is InChI=1S/C27H38O6/c1-27(33-26(30)23-15-9-4-10-16-23,17-19-31-24(28)21-11-5-2-6-12-21)18-20-32-25(29)22-13-7-3-8-14-22/h4,9-10,15-16,21-22H,2-3,5-8,11-14,17-20H2,1H3. The predicted molar refractivity (Wildman–Crippen MR) is 125 cm³/mol. The summed E-state index contributed by atoms with van der Waals surface area (Å²) in [7, 11) is 0. The molecule has 0 atom stereocenters. The second kappa shape index (κ2) is 12.8. The number of hydrogen-bond acceptors (Lipinski definition) is 6. The van der Waals surface area contributed by atoms with Crippen molar-refractivity contribution in [3.05, 3.63) is 35.9 Å². The van der Waals surface area contributed by atoms with Crippen LogP contribution in [0.3, 0.4) is 0 Å². The molecule has 1 aromatic rings. The van der Waals surface area contributed by atoms with Gasteiger partial charge in [-0.25, -0.2) is 4.79 Å². The van der Waals surface area contributed by atoms with Crippen LogP contribution in [0.5, 0.6) is 0 Å². The van der Waals surface area contributed by atoms with Crippen molar-refractivity contribution < 1.29 is 28.6 Å². The monoisotopic (exact) mass is 458 g/mol. The first kappa shape index (κ1) is 25.3. The molecule has 2 aliphatic rings. The maximum absolute atomic E-state index is 12.7. The van der Waals surface area contributed by atoms with E-state index in [9.17, 15) is 14.4 Å². The van der Waals surface area contributed by atoms with E-state index in [0.29, 0.717) is 18.4 Å². The fraction of sp³-hybridized carbons (Fsp3) is 0.667. The number of hydrogen-bond donors (Lipinski definition) is 0. The predicted octanol–water partition coefficient (Wildman–Crippen LogP) is 5.63. The van der Waals surface area contributed by atoms with Crippen LogP contribution >= 0.6 is 0 Å². The highest BCUT2D eigenvalue weighted by Gasteiger charge is 2.32. The zero-order valence-corrected chi connectivity index (χ0v) is 19.9. The summed E-state index contributed by atoms with van der Waals surface area (Å²) >= 11 is 0. The Bertz CT molecular complexity index is 726. The Hall–Kier alpha value is -2.37. The Balaban J connectivity index is 1.54. The molecule has 0 aliphatic heterocycles. The maximum Gasteiger partial charge on any atom is 0.338 e. The molecule has 1 aromatic carbocycles. The minimum Gasteiger partial charge on any atom is -0.465 e. The Kier molecular flexibility index (Phi) is 9.76. The molecule has 6 heteroatoms. The minimum absolute atomic E-state index is 0.0201. The van der Waals surface area contributed by atoms with Gasteiger partial charge < -0.3 is 14.2 Å². The molecule has 182 valence electrons. The van der Waals surface area contributed by atoms with Crippen LogP contribution in [-0.2, 0) is 23.8 Å². The van der Waals surface area contributed by atoms with E-state index in [4.69, 9.17) is 14.2 Å². The number of benzene rings is 1. The van der Waals surface area contributed by atoms with Gasteiger partial charge >= 0.3 is 17.9 Å². The summed E-state index contributed by atoms with van der Waals surface area (Å²) < 4.78 is 17.0. The van der Waals surface area contributed by atoms with E-state index in [1.165, 1.54) is 12.8 Å². The fourth-order valence-corrected chi connectivity index (χ4v) is 4.73. The molecule has 0 bridgehead atoms. The molecule has 0 amide bonds. The molecule has 0 spiro atoms. The zero-order valence-electron chi connectivity index (χ0n) is 19.9. The molecular weight excluding hydrogens is 420 g/mol. The van der Waals surface area contributed by atoms with Crippen molar-refractivity contribution in [2.75, 3.05) is 13.2 Å². The lowest BCUT2D eigenvalue weighted by Gasteiger charge is -2.30. The van der Waals surface area contributed by atoms with Gasteiger partial charge in [-0.15, -0.1) is 0 Å². The quantitative estimate of drug-likeness (QED) is 0.334. The molecule has 33 heavy (non-hydrogen) atoms. The minimum atomic E-state index is -0.910. The van der Waals surface area contributed by atoms with Crippen molar-refractivity contribution in [2.24, 2.45) is 11.8 Å². The van der Waals surface area contributed by atoms with Crippen LogP contribution in [-0.4, -0.2) is 36.7 Å². The van der Waals surface area contributed by atoms with Crippen molar-refractivity contribution in [1.29, 1.82) is 0 Å². The van der Waals surface area contributed by atoms with Gasteiger partial charge in [0.1, 0.15) is 5.60 Å². The van der Waals surface area contributed by atoms with Crippen LogP contribution in [0.1, 0.15) is 94.3 Å². The molecule has 3 rings (SSSR count). The molecule has 6 nitrogen and oxygen atoms in total. The molecule has 0 radical (unpaired) electrons. The average Bonchev–Trinajstić information content (AvgIpc) is 2.85. The van der Waals surface area contributed by atoms with E-state index in [1.807, 2.05) is 13.0 Å². The highest BCUT2D eigenvalue weighted by atomic mass is 16.6. The summed E-state index contributed by atoms with van der Waals surface area (Å²) in [5.74, 6) is -0.790. The van der Waals surface area contributed by atoms with Crippen LogP contribution in [0.2, 0.25) is 0 Å². The highest BCUT2D eigenvalue weighted by Crippen LogP contribution is 2.28. The average molecular weight is 459 g/mol. The summed E-state index contributed by atoms with van der Waals surface area (Å²) in [5.41, 5.74) is -0.450. The van der Waals surface area contributed by atoms with E-state index in [2.05, 4.69) is 0 Å². The number of carbonyl (C=O) groups is 3. The van der Waals surface area contributed by atoms with Gasteiger partial charge in [-0.05, 0) is 44.7 Å². The number of rotatable bonds is 10. The zero-order chi connectivity index (χ0) is 23.5. The molecule has 2 aliphatic carbocycles. The van der Waals surface area contributed by atoms with Crippen molar-refractivity contribution in [3.63, 3.8) is 0 Å². The summed E-state index contributed by atoms with van der Waals surface area (Å²) in [5, 5.41) is 0. The van der Waals surface area contributed by atoms with Gasteiger partial charge in [0.15, 0.2) is 0 Å². The first-order chi connectivity index (χ1) is 16.0. The van der Waals surface area contributed by atoms with Crippen molar-refractivity contribution in [3.8, 4) is 0 Å². The SMILES string of the molecule is CC(CCOC(=O)C1CCCCC1)(CCOC(=O)C1CCCCC1)OC(=O)c1ccccc1. The van der Waals surface area contributed by atoms with Crippen LogP contribution in [0, 0.1) is 11.8 Å². The highest BCUT2D eigenvalue weighted by molar-refractivity contribution is 5.89. The fourth-order valence-electron chi connectivity index (χ4n) is 4.73. The van der Waals surface area contributed by atoms with E-state index >= 15 is 0 Å². The van der Waals surface area contributed by atoms with Gasteiger partial charge in [0.25, 0.3) is 0 Å². The second-order valence-corrected chi connectivity index (χ2v) is 9.71. The lowest BCUT2D eigenvalue weighted by Crippen LogP contribution is -2.36. The van der Waals surface area contributed by atoms with Gasteiger partial charge in [-0.2, -0.15) is 0 Å². The molecule has 0 N–H and O–H groups in total. The number of carbonyl (C=O) groups excluding carboxylic acids is 3. The summed E-state index contributed by atoms with van der Waals surface area (Å²) in [6.45, 7) is 2.16.